The van der Waals surface area contributed by atoms with E-state index in [9.17, 15) is 95.8 Å². The lowest BCUT2D eigenvalue weighted by atomic mass is 9.72. The van der Waals surface area contributed by atoms with Crippen molar-refractivity contribution in [2.24, 2.45) is 23.7 Å². The Morgan fingerprint density at radius 2 is 1.05 bits per heavy atom. The van der Waals surface area contributed by atoms with E-state index in [4.69, 9.17) is 66.3 Å². The van der Waals surface area contributed by atoms with Crippen LogP contribution in [-0.4, -0.2) is 332 Å². The number of fused-ring (bicyclic) bond motifs is 1. The molecule has 4 aliphatic carbocycles. The monoisotopic (exact) mass is 1380 g/mol. The highest BCUT2D eigenvalue weighted by atomic mass is 16.8. The highest BCUT2D eigenvalue weighted by Crippen LogP contribution is 2.46. The van der Waals surface area contributed by atoms with E-state index in [2.05, 4.69) is 4.74 Å². The van der Waals surface area contributed by atoms with E-state index in [-0.39, 0.29) is 50.4 Å². The fourth-order valence-electron chi connectivity index (χ4n) is 14.4. The van der Waals surface area contributed by atoms with Gasteiger partial charge in [-0.15, -0.1) is 0 Å². The molecule has 0 radical (unpaired) electrons. The first-order chi connectivity index (χ1) is 45.8. The van der Waals surface area contributed by atoms with Gasteiger partial charge in [0.15, 0.2) is 31.3 Å². The highest BCUT2D eigenvalue weighted by Gasteiger charge is 2.57. The number of aliphatic hydroxyl groups excluding tert-OH is 15. The van der Waals surface area contributed by atoms with E-state index in [1.165, 1.54) is 20.3 Å². The molecule has 5 saturated heterocycles. The average molecular weight is 1390 g/mol. The molecule has 15 N–H and O–H groups in total. The fourth-order valence-corrected chi connectivity index (χ4v) is 14.4. The maximum atomic E-state index is 13.7. The molecule has 30 atom stereocenters. The Morgan fingerprint density at radius 1 is 0.458 bits per heavy atom. The van der Waals surface area contributed by atoms with Crippen LogP contribution in [0.2, 0.25) is 0 Å². The summed E-state index contributed by atoms with van der Waals surface area (Å²) in [5.41, 5.74) is 0. The second-order valence-electron chi connectivity index (χ2n) is 26.4. The molecule has 0 aromatic carbocycles. The van der Waals surface area contributed by atoms with Crippen LogP contribution in [0.25, 0.3) is 0 Å². The van der Waals surface area contributed by atoms with Crippen LogP contribution in [0.15, 0.2) is 24.3 Å². The summed E-state index contributed by atoms with van der Waals surface area (Å²) in [6.07, 6.45) is -36.3. The third-order valence-electron chi connectivity index (χ3n) is 20.0. The van der Waals surface area contributed by atoms with Gasteiger partial charge in [-0.25, -0.2) is 9.59 Å². The Labute approximate surface area is 552 Å². The minimum Gasteiger partial charge on any atom is -0.469 e. The maximum Gasteiger partial charge on any atom is 0.330 e. The molecule has 34 nitrogen and oxygen atoms in total. The summed E-state index contributed by atoms with van der Waals surface area (Å²) in [7, 11) is 3.89. The molecule has 30 unspecified atom stereocenters. The Kier molecular flexibility index (Phi) is 27.7. The first-order valence-corrected chi connectivity index (χ1v) is 32.8. The zero-order valence-corrected chi connectivity index (χ0v) is 53.4. The molecule has 9 fully saturated rings. The first-order valence-electron chi connectivity index (χ1n) is 32.8. The van der Waals surface area contributed by atoms with Crippen molar-refractivity contribution < 1.29 is 167 Å². The standard InChI is InChI=1S/C62H96O34/c1-82-36-14-26(15-37(83-2)47(36)73)7-13-43(69)95-57-46(72)33(67)22-87-61(57)96-58-53(79)50(76)41(23-85-42(68)12-6-25-4-9-29(10-5-25)88-59-54(80)51(77)48(74)39(21-63)92-59)94-62(58)91-38-19-30-34(89-56(38)27-8-11-31(65)32(66)16-27)17-28(64)18-35(30)90-60-55(81)52(78)49(75)40(93-60)24-86-45(71)20-44(70)84-3/h6-7,12-13,25-41,46-67,72-81H,4-5,8-11,14-24H2,1-3H3. The second kappa shape index (κ2) is 34.8. The van der Waals surface area contributed by atoms with Crippen molar-refractivity contribution in [1.82, 2.24) is 0 Å². The van der Waals surface area contributed by atoms with Crippen LogP contribution in [0.5, 0.6) is 0 Å². The number of carbonyl (C=O) groups is 4. The minimum absolute atomic E-state index is 0.00708. The van der Waals surface area contributed by atoms with Crippen molar-refractivity contribution in [3.63, 3.8) is 0 Å². The number of carbonyl (C=O) groups excluding carboxylic acids is 4. The molecule has 0 aromatic rings. The molecule has 96 heavy (non-hydrogen) atoms. The molecule has 0 aromatic heterocycles. The summed E-state index contributed by atoms with van der Waals surface area (Å²) in [5, 5.41) is 164. The summed E-state index contributed by atoms with van der Waals surface area (Å²) in [4.78, 5) is 51.3. The van der Waals surface area contributed by atoms with Gasteiger partial charge in [-0.1, -0.05) is 12.2 Å². The molecule has 9 rings (SSSR count). The molecule has 4 saturated carbocycles. The summed E-state index contributed by atoms with van der Waals surface area (Å²) in [6, 6.07) is 0. The number of hydrogen-bond acceptors (Lipinski definition) is 34. The van der Waals surface area contributed by atoms with Crippen molar-refractivity contribution >= 4 is 23.9 Å². The van der Waals surface area contributed by atoms with Gasteiger partial charge >= 0.3 is 23.9 Å². The molecule has 5 heterocycles. The van der Waals surface area contributed by atoms with Gasteiger partial charge in [0.25, 0.3) is 0 Å². The third-order valence-corrected chi connectivity index (χ3v) is 20.0. The van der Waals surface area contributed by atoms with Crippen molar-refractivity contribution in [2.45, 2.75) is 267 Å². The Hall–Kier alpha value is -3.68. The van der Waals surface area contributed by atoms with Gasteiger partial charge in [0.2, 0.25) is 0 Å². The van der Waals surface area contributed by atoms with Crippen LogP contribution in [0.1, 0.15) is 83.5 Å². The van der Waals surface area contributed by atoms with Crippen molar-refractivity contribution in [3.8, 4) is 0 Å². The predicted molar refractivity (Wildman–Crippen MR) is 313 cm³/mol. The summed E-state index contributed by atoms with van der Waals surface area (Å²) < 4.78 is 87.8. The van der Waals surface area contributed by atoms with Crippen LogP contribution in [0.4, 0.5) is 0 Å². The summed E-state index contributed by atoms with van der Waals surface area (Å²) >= 11 is 0. The molecule has 34 heteroatoms. The van der Waals surface area contributed by atoms with Gasteiger partial charge in [0.05, 0.1) is 81.4 Å². The maximum absolute atomic E-state index is 13.7. The predicted octanol–water partition coefficient (Wildman–Crippen LogP) is -6.23. The molecule has 0 bridgehead atoms. The number of aliphatic hydroxyl groups is 15. The van der Waals surface area contributed by atoms with E-state index in [0.717, 1.165) is 19.3 Å². The zero-order chi connectivity index (χ0) is 69.4. The van der Waals surface area contributed by atoms with Gasteiger partial charge in [0.1, 0.15) is 111 Å². The van der Waals surface area contributed by atoms with Crippen molar-refractivity contribution in [2.75, 3.05) is 47.8 Å². The van der Waals surface area contributed by atoms with Gasteiger partial charge in [-0.05, 0) is 88.4 Å². The summed E-state index contributed by atoms with van der Waals surface area (Å²) in [6.45, 7) is -2.69. The number of rotatable bonds is 23. The van der Waals surface area contributed by atoms with E-state index < -0.39 is 252 Å². The molecule has 0 spiro atoms. The zero-order valence-electron chi connectivity index (χ0n) is 53.4. The van der Waals surface area contributed by atoms with E-state index in [1.807, 2.05) is 0 Å². The Balaban J connectivity index is 0.948. The Morgan fingerprint density at radius 3 is 1.70 bits per heavy atom. The summed E-state index contributed by atoms with van der Waals surface area (Å²) in [5.74, 6) is -5.88. The first kappa shape index (κ1) is 76.5. The van der Waals surface area contributed by atoms with Crippen LogP contribution in [0, 0.1) is 23.7 Å². The molecule has 0 amide bonds. The number of esters is 4. The lowest BCUT2D eigenvalue weighted by Gasteiger charge is -2.53. The molecule has 9 aliphatic rings. The molecular formula is C62H96O34. The smallest absolute Gasteiger partial charge is 0.330 e. The van der Waals surface area contributed by atoms with E-state index in [1.54, 1.807) is 6.08 Å². The van der Waals surface area contributed by atoms with Crippen LogP contribution < -0.4 is 0 Å². The van der Waals surface area contributed by atoms with Crippen molar-refractivity contribution in [3.05, 3.63) is 24.3 Å². The van der Waals surface area contributed by atoms with Crippen LogP contribution >= 0.6 is 0 Å². The topological polar surface area (TPSA) is 510 Å². The van der Waals surface area contributed by atoms with Gasteiger partial charge < -0.3 is 148 Å². The minimum atomic E-state index is -2.07. The van der Waals surface area contributed by atoms with Crippen LogP contribution in [0.3, 0.4) is 0 Å². The quantitative estimate of drug-likeness (QED) is 0.0196. The van der Waals surface area contributed by atoms with Gasteiger partial charge in [0, 0.05) is 38.7 Å². The number of allylic oxidation sites excluding steroid dienone is 2. The SMILES string of the molecule is COC(=O)CC(=O)OCC1OC(OC2CC(O)CC3OC(C4CCC(O)C(O)C4)C(OC4OC(COC(=O)C=CC5CCC(OC6OC(CO)C(O)C(O)C6O)CC5)C(O)C(O)C4OC4OCC(O)C(O)C4OC(=O)C=CC4CC(OC)C(O)C(OC)C4)CC23)C(O)C(O)C1O. The normalized spacial score (nSPS) is 46.4. The average Bonchev–Trinajstić information content (AvgIpc) is 0.769. The number of ether oxygens (including phenoxy) is 15. The van der Waals surface area contributed by atoms with Gasteiger partial charge in [-0.2, -0.15) is 0 Å². The van der Waals surface area contributed by atoms with Crippen LogP contribution in [-0.2, 0) is 90.2 Å². The Bertz CT molecular complexity index is 2530. The number of methoxy groups -OCH3 is 3. The molecular weight excluding hydrogens is 1290 g/mol. The lowest BCUT2D eigenvalue weighted by molar-refractivity contribution is -0.373. The molecule has 548 valence electrons. The third kappa shape index (κ3) is 18.7. The molecule has 5 aliphatic heterocycles. The van der Waals surface area contributed by atoms with Crippen molar-refractivity contribution in [1.29, 1.82) is 0 Å². The lowest BCUT2D eigenvalue weighted by Crippen LogP contribution is -2.65. The van der Waals surface area contributed by atoms with Gasteiger partial charge in [-0.3, -0.25) is 9.59 Å². The van der Waals surface area contributed by atoms with E-state index in [0.29, 0.717) is 38.5 Å². The number of hydrogen-bond donors (Lipinski definition) is 15. The van der Waals surface area contributed by atoms with E-state index >= 15 is 0 Å². The highest BCUT2D eigenvalue weighted by molar-refractivity contribution is 5.91. The second-order valence-corrected chi connectivity index (χ2v) is 26.4. The fraction of sp³-hybridized carbons (Fsp3) is 0.871. The largest absolute Gasteiger partial charge is 0.469 e.